The number of para-hydroxylation sites is 1. The fraction of sp³-hybridized carbons (Fsp3) is 0.154. The highest BCUT2D eigenvalue weighted by molar-refractivity contribution is 5.92. The summed E-state index contributed by atoms with van der Waals surface area (Å²) in [5, 5.41) is 3.73. The van der Waals surface area contributed by atoms with Gasteiger partial charge in [0.05, 0.1) is 0 Å². The average Bonchev–Trinajstić information content (AvgIpc) is 3.31. The van der Waals surface area contributed by atoms with E-state index in [0.717, 1.165) is 41.5 Å². The first kappa shape index (κ1) is 19.9. The zero-order valence-electron chi connectivity index (χ0n) is 17.3. The smallest absolute Gasteiger partial charge is 0.339 e. The molecule has 0 unspecified atom stereocenters. The molecule has 160 valence electrons. The topological polar surface area (TPSA) is 77.8 Å². The molecule has 5 rings (SSSR count). The van der Waals surface area contributed by atoms with Gasteiger partial charge in [-0.1, -0.05) is 18.2 Å². The van der Waals surface area contributed by atoms with E-state index in [9.17, 15) is 9.59 Å². The van der Waals surface area contributed by atoms with Crippen LogP contribution in [0.1, 0.15) is 17.5 Å². The third kappa shape index (κ3) is 4.21. The SMILES string of the molecule is O=C(COc1ccc2c3c(c(=O)oc2c1)CCC3)Nc1ccc(Oc2ccccc2)cc1. The molecule has 32 heavy (non-hydrogen) atoms. The quantitative estimate of drug-likeness (QED) is 0.434. The van der Waals surface area contributed by atoms with Gasteiger partial charge < -0.3 is 19.2 Å². The Balaban J connectivity index is 1.20. The maximum absolute atomic E-state index is 12.3. The summed E-state index contributed by atoms with van der Waals surface area (Å²) in [5.41, 5.74) is 2.70. The van der Waals surface area contributed by atoms with Gasteiger partial charge >= 0.3 is 5.63 Å². The minimum absolute atomic E-state index is 0.164. The Morgan fingerprint density at radius 3 is 2.41 bits per heavy atom. The molecule has 1 aliphatic carbocycles. The molecule has 1 heterocycles. The van der Waals surface area contributed by atoms with Crippen LogP contribution in [0.15, 0.2) is 82.0 Å². The predicted octanol–water partition coefficient (Wildman–Crippen LogP) is 5.09. The summed E-state index contributed by atoms with van der Waals surface area (Å²) in [6.45, 7) is -0.164. The van der Waals surface area contributed by atoms with Gasteiger partial charge in [-0.3, -0.25) is 4.79 Å². The van der Waals surface area contributed by atoms with E-state index in [1.54, 1.807) is 36.4 Å². The number of amides is 1. The standard InChI is InChI=1S/C26H21NO5/c28-25(27-17-9-11-19(12-10-17)31-18-5-2-1-3-6-18)16-30-20-13-14-22-21-7-4-8-23(21)26(29)32-24(22)15-20/h1-3,5-6,9-15H,4,7-8,16H2,(H,27,28). The monoisotopic (exact) mass is 427 g/mol. The number of ether oxygens (including phenoxy) is 2. The van der Waals surface area contributed by atoms with Gasteiger partial charge in [-0.05, 0) is 73.4 Å². The lowest BCUT2D eigenvalue weighted by Gasteiger charge is -2.10. The molecule has 6 heteroatoms. The van der Waals surface area contributed by atoms with Crippen molar-refractivity contribution in [2.45, 2.75) is 19.3 Å². The molecular weight excluding hydrogens is 406 g/mol. The van der Waals surface area contributed by atoms with Crippen LogP contribution in [0.4, 0.5) is 5.69 Å². The molecule has 6 nitrogen and oxygen atoms in total. The Morgan fingerprint density at radius 1 is 0.875 bits per heavy atom. The van der Waals surface area contributed by atoms with Crippen molar-refractivity contribution in [2.75, 3.05) is 11.9 Å². The first-order chi connectivity index (χ1) is 15.7. The molecule has 1 aliphatic rings. The van der Waals surface area contributed by atoms with Gasteiger partial charge in [0.25, 0.3) is 5.91 Å². The number of carbonyl (C=O) groups is 1. The van der Waals surface area contributed by atoms with Crippen molar-refractivity contribution in [1.29, 1.82) is 0 Å². The summed E-state index contributed by atoms with van der Waals surface area (Å²) in [5.74, 6) is 1.60. The lowest BCUT2D eigenvalue weighted by Crippen LogP contribution is -2.20. The van der Waals surface area contributed by atoms with E-state index in [0.29, 0.717) is 22.8 Å². The lowest BCUT2D eigenvalue weighted by atomic mass is 10.1. The summed E-state index contributed by atoms with van der Waals surface area (Å²) in [7, 11) is 0. The van der Waals surface area contributed by atoms with E-state index in [2.05, 4.69) is 5.32 Å². The van der Waals surface area contributed by atoms with Crippen LogP contribution in [-0.2, 0) is 17.6 Å². The molecule has 0 atom stereocenters. The van der Waals surface area contributed by atoms with Gasteiger partial charge in [-0.25, -0.2) is 4.79 Å². The fourth-order valence-electron chi connectivity index (χ4n) is 3.93. The molecule has 0 saturated heterocycles. The molecule has 1 N–H and O–H groups in total. The number of hydrogen-bond acceptors (Lipinski definition) is 5. The van der Waals surface area contributed by atoms with E-state index in [1.807, 2.05) is 36.4 Å². The second kappa shape index (κ2) is 8.59. The molecule has 0 aliphatic heterocycles. The Hall–Kier alpha value is -4.06. The first-order valence-corrected chi connectivity index (χ1v) is 10.5. The molecule has 0 bridgehead atoms. The van der Waals surface area contributed by atoms with Crippen LogP contribution in [0, 0.1) is 0 Å². The Morgan fingerprint density at radius 2 is 1.59 bits per heavy atom. The van der Waals surface area contributed by atoms with Crippen LogP contribution in [0.3, 0.4) is 0 Å². The zero-order valence-corrected chi connectivity index (χ0v) is 17.3. The second-order valence-corrected chi connectivity index (χ2v) is 7.63. The maximum atomic E-state index is 12.3. The summed E-state index contributed by atoms with van der Waals surface area (Å²) in [4.78, 5) is 24.4. The van der Waals surface area contributed by atoms with Gasteiger partial charge in [-0.15, -0.1) is 0 Å². The van der Waals surface area contributed by atoms with Crippen LogP contribution in [0.5, 0.6) is 17.2 Å². The normalized spacial score (nSPS) is 12.4. The Labute approximate surface area is 184 Å². The third-order valence-electron chi connectivity index (χ3n) is 5.43. The molecule has 0 saturated carbocycles. The molecule has 1 amide bonds. The summed E-state index contributed by atoms with van der Waals surface area (Å²) in [6, 6.07) is 21.9. The number of benzene rings is 3. The van der Waals surface area contributed by atoms with Crippen molar-refractivity contribution in [3.63, 3.8) is 0 Å². The number of nitrogens with one attached hydrogen (secondary N) is 1. The molecule has 0 spiro atoms. The molecule has 0 fully saturated rings. The second-order valence-electron chi connectivity index (χ2n) is 7.63. The highest BCUT2D eigenvalue weighted by atomic mass is 16.5. The van der Waals surface area contributed by atoms with E-state index in [1.165, 1.54) is 0 Å². The molecule has 4 aromatic rings. The van der Waals surface area contributed by atoms with Crippen LogP contribution in [-0.4, -0.2) is 12.5 Å². The highest BCUT2D eigenvalue weighted by Crippen LogP contribution is 2.29. The van der Waals surface area contributed by atoms with Crippen LogP contribution in [0.25, 0.3) is 11.0 Å². The minimum atomic E-state index is -0.294. The largest absolute Gasteiger partial charge is 0.484 e. The van der Waals surface area contributed by atoms with Crippen molar-refractivity contribution < 1.29 is 18.7 Å². The van der Waals surface area contributed by atoms with Crippen LogP contribution < -0.4 is 20.4 Å². The fourth-order valence-corrected chi connectivity index (χ4v) is 3.93. The Bertz CT molecular complexity index is 1330. The van der Waals surface area contributed by atoms with Gasteiger partial charge in [-0.2, -0.15) is 0 Å². The number of aryl methyl sites for hydroxylation is 1. The van der Waals surface area contributed by atoms with E-state index >= 15 is 0 Å². The van der Waals surface area contributed by atoms with Gasteiger partial charge in [0, 0.05) is 22.7 Å². The zero-order chi connectivity index (χ0) is 21.9. The van der Waals surface area contributed by atoms with E-state index < -0.39 is 0 Å². The van der Waals surface area contributed by atoms with Crippen molar-refractivity contribution in [1.82, 2.24) is 0 Å². The maximum Gasteiger partial charge on any atom is 0.339 e. The minimum Gasteiger partial charge on any atom is -0.484 e. The molecular formula is C26H21NO5. The average molecular weight is 427 g/mol. The van der Waals surface area contributed by atoms with Crippen molar-refractivity contribution >= 4 is 22.6 Å². The summed E-state index contributed by atoms with van der Waals surface area (Å²) < 4.78 is 16.8. The van der Waals surface area contributed by atoms with E-state index in [4.69, 9.17) is 13.9 Å². The third-order valence-corrected chi connectivity index (χ3v) is 5.43. The highest BCUT2D eigenvalue weighted by Gasteiger charge is 2.19. The van der Waals surface area contributed by atoms with Crippen molar-refractivity contribution in [3.8, 4) is 17.2 Å². The molecule has 1 aromatic heterocycles. The molecule has 3 aromatic carbocycles. The number of hydrogen-bond donors (Lipinski definition) is 1. The Kier molecular flexibility index (Phi) is 5.34. The van der Waals surface area contributed by atoms with E-state index in [-0.39, 0.29) is 18.1 Å². The van der Waals surface area contributed by atoms with Crippen LogP contribution in [0.2, 0.25) is 0 Å². The molecule has 0 radical (unpaired) electrons. The number of carbonyl (C=O) groups excluding carboxylic acids is 1. The number of fused-ring (bicyclic) bond motifs is 3. The van der Waals surface area contributed by atoms with Crippen molar-refractivity contribution in [3.05, 3.63) is 94.3 Å². The van der Waals surface area contributed by atoms with Crippen LogP contribution >= 0.6 is 0 Å². The number of rotatable bonds is 6. The summed E-state index contributed by atoms with van der Waals surface area (Å²) >= 11 is 0. The van der Waals surface area contributed by atoms with Gasteiger partial charge in [0.1, 0.15) is 22.8 Å². The number of anilines is 1. The lowest BCUT2D eigenvalue weighted by molar-refractivity contribution is -0.118. The first-order valence-electron chi connectivity index (χ1n) is 10.5. The summed E-state index contributed by atoms with van der Waals surface area (Å²) in [6.07, 6.45) is 2.62. The van der Waals surface area contributed by atoms with Crippen molar-refractivity contribution in [2.24, 2.45) is 0 Å². The predicted molar refractivity (Wildman–Crippen MR) is 122 cm³/mol. The van der Waals surface area contributed by atoms with Gasteiger partial charge in [0.2, 0.25) is 0 Å². The van der Waals surface area contributed by atoms with Gasteiger partial charge in [0.15, 0.2) is 6.61 Å².